The van der Waals surface area contributed by atoms with E-state index in [-0.39, 0.29) is 24.1 Å². The number of rotatable bonds is 7. The van der Waals surface area contributed by atoms with Gasteiger partial charge in [-0.2, -0.15) is 0 Å². The second-order valence-corrected chi connectivity index (χ2v) is 11.8. The number of carbonyl (C=O) groups excluding carboxylic acids is 2. The minimum absolute atomic E-state index is 0.155. The number of methoxy groups -OCH3 is 1. The van der Waals surface area contributed by atoms with Crippen LogP contribution < -0.4 is 15.0 Å². The van der Waals surface area contributed by atoms with Crippen LogP contribution >= 0.6 is 11.6 Å². The molecular weight excluding hydrogens is 588 g/mol. The molecule has 2 heterocycles. The lowest BCUT2D eigenvalue weighted by atomic mass is 9.99. The van der Waals surface area contributed by atoms with Crippen molar-refractivity contribution in [3.05, 3.63) is 114 Å². The van der Waals surface area contributed by atoms with Crippen molar-refractivity contribution >= 4 is 35.0 Å². The van der Waals surface area contributed by atoms with Gasteiger partial charge in [0.1, 0.15) is 11.9 Å². The van der Waals surface area contributed by atoms with Crippen molar-refractivity contribution in [2.75, 3.05) is 56.6 Å². The van der Waals surface area contributed by atoms with Gasteiger partial charge in [0.25, 0.3) is 0 Å². The third kappa shape index (κ3) is 7.41. The van der Waals surface area contributed by atoms with Crippen molar-refractivity contribution in [1.29, 1.82) is 0 Å². The Labute approximate surface area is 269 Å². The molecule has 0 aromatic heterocycles. The summed E-state index contributed by atoms with van der Waals surface area (Å²) in [4.78, 5) is 33.4. The van der Waals surface area contributed by atoms with E-state index in [0.29, 0.717) is 41.5 Å². The molecule has 4 aromatic rings. The van der Waals surface area contributed by atoms with E-state index in [1.54, 1.807) is 19.2 Å². The van der Waals surface area contributed by atoms with Gasteiger partial charge < -0.3 is 24.6 Å². The van der Waals surface area contributed by atoms with Crippen LogP contribution in [-0.2, 0) is 4.74 Å². The first-order valence-corrected chi connectivity index (χ1v) is 15.7. The van der Waals surface area contributed by atoms with Crippen LogP contribution in [0, 0.1) is 0 Å². The summed E-state index contributed by atoms with van der Waals surface area (Å²) in [5.41, 5.74) is 4.27. The average Bonchev–Trinajstić information content (AvgIpc) is 3.09. The molecule has 0 unspecified atom stereocenters. The number of amides is 2. The summed E-state index contributed by atoms with van der Waals surface area (Å²) < 4.78 is 11.6. The molecule has 0 aliphatic carbocycles. The van der Waals surface area contributed by atoms with Gasteiger partial charge >= 0.3 is 12.0 Å². The highest BCUT2D eigenvalue weighted by molar-refractivity contribution is 6.30. The smallest absolute Gasteiger partial charge is 0.338 e. The van der Waals surface area contributed by atoms with Gasteiger partial charge in [0.15, 0.2) is 0 Å². The standard InChI is InChI=1S/C36H37ClN4O4/c1-44-32-15-7-13-30(24-32)38-36(43)41-17-16-34(45-35(42)28-11-5-10-27(22-28)26-8-3-2-4-9-26)33(25-41)40-20-18-39(19-21-40)31-14-6-12-29(37)23-31/h2-15,22-24,33-34H,16-21,25H2,1H3,(H,38,43)/t33-,34-/m1/s1. The number of piperazine rings is 1. The maximum atomic E-state index is 13.5. The number of benzene rings is 4. The quantitative estimate of drug-likeness (QED) is 0.232. The van der Waals surface area contributed by atoms with E-state index in [2.05, 4.69) is 21.2 Å². The minimum atomic E-state index is -0.364. The number of hydrogen-bond acceptors (Lipinski definition) is 6. The summed E-state index contributed by atoms with van der Waals surface area (Å²) in [6.07, 6.45) is 0.172. The Morgan fingerprint density at radius 3 is 2.33 bits per heavy atom. The topological polar surface area (TPSA) is 74.3 Å². The third-order valence-corrected chi connectivity index (χ3v) is 8.78. The summed E-state index contributed by atoms with van der Waals surface area (Å²) in [5, 5.41) is 3.72. The first-order chi connectivity index (χ1) is 22.0. The maximum Gasteiger partial charge on any atom is 0.338 e. The molecule has 2 aliphatic heterocycles. The van der Waals surface area contributed by atoms with Crippen LogP contribution in [0.4, 0.5) is 16.2 Å². The van der Waals surface area contributed by atoms with Gasteiger partial charge in [0, 0.05) is 68.2 Å². The largest absolute Gasteiger partial charge is 0.497 e. The number of halogens is 1. The number of ether oxygens (including phenoxy) is 2. The number of nitrogens with zero attached hydrogens (tertiary/aromatic N) is 3. The Bertz CT molecular complexity index is 1630. The van der Waals surface area contributed by atoms with Crippen LogP contribution in [0.15, 0.2) is 103 Å². The lowest BCUT2D eigenvalue weighted by Gasteiger charge is -2.46. The molecule has 4 aromatic carbocycles. The van der Waals surface area contributed by atoms with E-state index in [4.69, 9.17) is 21.1 Å². The number of piperidine rings is 1. The summed E-state index contributed by atoms with van der Waals surface area (Å²) in [7, 11) is 1.60. The number of likely N-dealkylation sites (tertiary alicyclic amines) is 1. The number of urea groups is 1. The second-order valence-electron chi connectivity index (χ2n) is 11.4. The van der Waals surface area contributed by atoms with Crippen molar-refractivity contribution in [2.45, 2.75) is 18.6 Å². The van der Waals surface area contributed by atoms with Gasteiger partial charge in [-0.15, -0.1) is 0 Å². The zero-order valence-corrected chi connectivity index (χ0v) is 26.0. The predicted octanol–water partition coefficient (Wildman–Crippen LogP) is 6.67. The van der Waals surface area contributed by atoms with Gasteiger partial charge in [-0.1, -0.05) is 66.2 Å². The lowest BCUT2D eigenvalue weighted by Crippen LogP contribution is -2.61. The molecule has 1 N–H and O–H groups in total. The number of esters is 1. The Kier molecular flexibility index (Phi) is 9.52. The molecule has 2 amide bonds. The van der Waals surface area contributed by atoms with Gasteiger partial charge in [0.2, 0.25) is 0 Å². The highest BCUT2D eigenvalue weighted by Gasteiger charge is 2.39. The molecule has 0 spiro atoms. The van der Waals surface area contributed by atoms with Crippen LogP contribution in [0.3, 0.4) is 0 Å². The van der Waals surface area contributed by atoms with Crippen LogP contribution in [0.2, 0.25) is 5.02 Å². The number of carbonyl (C=O) groups is 2. The maximum absolute atomic E-state index is 13.5. The van der Waals surface area contributed by atoms with Gasteiger partial charge in [0.05, 0.1) is 18.7 Å². The number of nitrogens with one attached hydrogen (secondary N) is 1. The van der Waals surface area contributed by atoms with Gasteiger partial charge in [-0.25, -0.2) is 9.59 Å². The predicted molar refractivity (Wildman–Crippen MR) is 178 cm³/mol. The molecule has 0 saturated carbocycles. The molecule has 232 valence electrons. The molecule has 0 radical (unpaired) electrons. The monoisotopic (exact) mass is 624 g/mol. The summed E-state index contributed by atoms with van der Waals surface area (Å²) in [6, 6.07) is 32.4. The van der Waals surface area contributed by atoms with E-state index >= 15 is 0 Å². The van der Waals surface area contributed by atoms with E-state index in [9.17, 15) is 9.59 Å². The van der Waals surface area contributed by atoms with Crippen LogP contribution in [0.1, 0.15) is 16.8 Å². The highest BCUT2D eigenvalue weighted by Crippen LogP contribution is 2.27. The van der Waals surface area contributed by atoms with Gasteiger partial charge in [-0.3, -0.25) is 4.90 Å². The van der Waals surface area contributed by atoms with Crippen molar-refractivity contribution in [3.8, 4) is 16.9 Å². The third-order valence-electron chi connectivity index (χ3n) is 8.55. The molecule has 2 saturated heterocycles. The van der Waals surface area contributed by atoms with E-state index in [0.717, 1.165) is 43.0 Å². The molecule has 8 nitrogen and oxygen atoms in total. The first-order valence-electron chi connectivity index (χ1n) is 15.3. The fourth-order valence-electron chi connectivity index (χ4n) is 6.13. The fraction of sp³-hybridized carbons (Fsp3) is 0.278. The number of hydrogen-bond donors (Lipinski definition) is 1. The zero-order valence-electron chi connectivity index (χ0n) is 25.3. The zero-order chi connectivity index (χ0) is 31.2. The van der Waals surface area contributed by atoms with E-state index < -0.39 is 0 Å². The molecular formula is C36H37ClN4O4. The van der Waals surface area contributed by atoms with E-state index in [1.165, 1.54) is 0 Å². The minimum Gasteiger partial charge on any atom is -0.497 e. The van der Waals surface area contributed by atoms with Gasteiger partial charge in [-0.05, 0) is 53.6 Å². The van der Waals surface area contributed by atoms with Crippen molar-refractivity contribution in [1.82, 2.24) is 9.80 Å². The summed E-state index contributed by atoms with van der Waals surface area (Å²) >= 11 is 6.26. The second kappa shape index (κ2) is 14.1. The Balaban J connectivity index is 1.18. The Hall–Kier alpha value is -4.53. The molecule has 2 aliphatic rings. The molecule has 0 bridgehead atoms. The average molecular weight is 625 g/mol. The van der Waals surface area contributed by atoms with E-state index in [1.807, 2.05) is 89.8 Å². The van der Waals surface area contributed by atoms with Crippen molar-refractivity contribution in [2.24, 2.45) is 0 Å². The highest BCUT2D eigenvalue weighted by atomic mass is 35.5. The molecule has 45 heavy (non-hydrogen) atoms. The lowest BCUT2D eigenvalue weighted by molar-refractivity contribution is -0.0290. The molecule has 6 rings (SSSR count). The van der Waals surface area contributed by atoms with Crippen LogP contribution in [0.25, 0.3) is 11.1 Å². The van der Waals surface area contributed by atoms with Crippen molar-refractivity contribution in [3.63, 3.8) is 0 Å². The Morgan fingerprint density at radius 2 is 1.56 bits per heavy atom. The molecule has 2 fully saturated rings. The first kappa shape index (κ1) is 30.5. The summed E-state index contributed by atoms with van der Waals surface area (Å²) in [5.74, 6) is 0.319. The Morgan fingerprint density at radius 1 is 0.800 bits per heavy atom. The fourth-order valence-corrected chi connectivity index (χ4v) is 6.32. The molecule has 2 atom stereocenters. The summed E-state index contributed by atoms with van der Waals surface area (Å²) in [6.45, 7) is 4.03. The SMILES string of the molecule is COc1cccc(NC(=O)N2CC[C@@H](OC(=O)c3cccc(-c4ccccc4)c3)[C@H](N3CCN(c4cccc(Cl)c4)CC3)C2)c1. The number of anilines is 2. The van der Waals surface area contributed by atoms with Crippen molar-refractivity contribution < 1.29 is 19.1 Å². The molecule has 9 heteroatoms. The van der Waals surface area contributed by atoms with Crippen LogP contribution in [0.5, 0.6) is 5.75 Å². The van der Waals surface area contributed by atoms with Crippen LogP contribution in [-0.4, -0.2) is 80.3 Å². The normalized spacial score (nSPS) is 18.7.